The first-order valence-electron chi connectivity index (χ1n) is 8.45. The summed E-state index contributed by atoms with van der Waals surface area (Å²) in [5, 5.41) is 3.96. The van der Waals surface area contributed by atoms with Crippen LogP contribution in [0.15, 0.2) is 41.6 Å². The van der Waals surface area contributed by atoms with E-state index >= 15 is 0 Å². The van der Waals surface area contributed by atoms with Crippen molar-refractivity contribution < 1.29 is 9.32 Å². The van der Waals surface area contributed by atoms with E-state index in [1.165, 1.54) is 0 Å². The second-order valence-corrected chi connectivity index (χ2v) is 6.14. The average Bonchev–Trinajstić information content (AvgIpc) is 3.17. The molecule has 4 heterocycles. The lowest BCUT2D eigenvalue weighted by Crippen LogP contribution is -2.41. The molecule has 4 rings (SSSR count). The first kappa shape index (κ1) is 16.2. The minimum atomic E-state index is -0.138. The van der Waals surface area contributed by atoms with Gasteiger partial charge in [-0.15, -0.1) is 0 Å². The molecular weight excluding hydrogens is 334 g/mol. The monoisotopic (exact) mass is 351 g/mol. The van der Waals surface area contributed by atoms with Crippen molar-refractivity contribution in [3.63, 3.8) is 0 Å². The standard InChI is InChI=1S/C17H17N7O2/c25-17(16-20-4-2-5-21-16)24-8-1-3-12(11-24)9-14-22-15(23-26-14)13-10-18-6-7-19-13/h2,4-7,10,12H,1,3,8-9,11H2. The van der Waals surface area contributed by atoms with E-state index in [0.717, 1.165) is 12.8 Å². The molecular formula is C17H17N7O2. The lowest BCUT2D eigenvalue weighted by atomic mass is 9.94. The number of carbonyl (C=O) groups excluding carboxylic acids is 1. The zero-order valence-corrected chi connectivity index (χ0v) is 14.0. The number of hydrogen-bond donors (Lipinski definition) is 0. The van der Waals surface area contributed by atoms with Crippen LogP contribution in [0, 0.1) is 5.92 Å². The highest BCUT2D eigenvalue weighted by atomic mass is 16.5. The van der Waals surface area contributed by atoms with E-state index in [1.807, 2.05) is 0 Å². The molecule has 3 aromatic rings. The van der Waals surface area contributed by atoms with Crippen LogP contribution in [0.1, 0.15) is 29.4 Å². The molecule has 1 aliphatic rings. The maximum atomic E-state index is 12.5. The molecule has 1 aliphatic heterocycles. The van der Waals surface area contributed by atoms with E-state index < -0.39 is 0 Å². The number of nitrogens with zero attached hydrogens (tertiary/aromatic N) is 7. The van der Waals surface area contributed by atoms with E-state index in [2.05, 4.69) is 30.1 Å². The highest BCUT2D eigenvalue weighted by Crippen LogP contribution is 2.22. The molecule has 9 nitrogen and oxygen atoms in total. The molecule has 0 bridgehead atoms. The molecule has 0 radical (unpaired) electrons. The van der Waals surface area contributed by atoms with Gasteiger partial charge in [-0.3, -0.25) is 9.78 Å². The van der Waals surface area contributed by atoms with Gasteiger partial charge in [0.15, 0.2) is 0 Å². The van der Waals surface area contributed by atoms with Crippen LogP contribution in [0.25, 0.3) is 11.5 Å². The smallest absolute Gasteiger partial charge is 0.291 e. The number of rotatable bonds is 4. The molecule has 9 heteroatoms. The molecule has 132 valence electrons. The summed E-state index contributed by atoms with van der Waals surface area (Å²) in [4.78, 5) is 35.0. The number of hydrogen-bond acceptors (Lipinski definition) is 8. The van der Waals surface area contributed by atoms with Crippen LogP contribution in [-0.2, 0) is 6.42 Å². The fraction of sp³-hybridized carbons (Fsp3) is 0.353. The number of amides is 1. The minimum Gasteiger partial charge on any atom is -0.339 e. The molecule has 1 amide bonds. The lowest BCUT2D eigenvalue weighted by Gasteiger charge is -2.31. The normalized spacial score (nSPS) is 17.2. The third-order valence-electron chi connectivity index (χ3n) is 4.29. The summed E-state index contributed by atoms with van der Waals surface area (Å²) in [7, 11) is 0. The van der Waals surface area contributed by atoms with Crippen molar-refractivity contribution in [2.24, 2.45) is 5.92 Å². The van der Waals surface area contributed by atoms with Crippen LogP contribution < -0.4 is 0 Å². The average molecular weight is 351 g/mol. The van der Waals surface area contributed by atoms with Gasteiger partial charge in [0.1, 0.15) is 5.69 Å². The third-order valence-corrected chi connectivity index (χ3v) is 4.29. The van der Waals surface area contributed by atoms with Crippen LogP contribution in [0.4, 0.5) is 0 Å². The second-order valence-electron chi connectivity index (χ2n) is 6.14. The van der Waals surface area contributed by atoms with Crippen LogP contribution in [0.2, 0.25) is 0 Å². The fourth-order valence-corrected chi connectivity index (χ4v) is 3.07. The Bertz CT molecular complexity index is 869. The van der Waals surface area contributed by atoms with Gasteiger partial charge in [-0.25, -0.2) is 15.0 Å². The number of likely N-dealkylation sites (tertiary alicyclic amines) is 1. The Morgan fingerprint density at radius 3 is 2.88 bits per heavy atom. The summed E-state index contributed by atoms with van der Waals surface area (Å²) in [6.07, 6.45) is 10.5. The van der Waals surface area contributed by atoms with Gasteiger partial charge in [0, 0.05) is 44.3 Å². The Morgan fingerprint density at radius 2 is 2.08 bits per heavy atom. The van der Waals surface area contributed by atoms with Gasteiger partial charge in [-0.1, -0.05) is 5.16 Å². The molecule has 0 aromatic carbocycles. The molecule has 0 spiro atoms. The molecule has 1 fully saturated rings. The molecule has 1 atom stereocenters. The van der Waals surface area contributed by atoms with E-state index in [-0.39, 0.29) is 17.6 Å². The minimum absolute atomic E-state index is 0.138. The van der Waals surface area contributed by atoms with Crippen molar-refractivity contribution >= 4 is 5.91 Å². The van der Waals surface area contributed by atoms with Gasteiger partial charge in [-0.2, -0.15) is 4.98 Å². The van der Waals surface area contributed by atoms with Crippen LogP contribution in [0.5, 0.6) is 0 Å². The summed E-state index contributed by atoms with van der Waals surface area (Å²) >= 11 is 0. The molecule has 0 N–H and O–H groups in total. The molecule has 3 aromatic heterocycles. The Balaban J connectivity index is 1.41. The van der Waals surface area contributed by atoms with Crippen LogP contribution in [0.3, 0.4) is 0 Å². The Morgan fingerprint density at radius 1 is 1.19 bits per heavy atom. The van der Waals surface area contributed by atoms with Gasteiger partial charge < -0.3 is 9.42 Å². The lowest BCUT2D eigenvalue weighted by molar-refractivity contribution is 0.0655. The van der Waals surface area contributed by atoms with Gasteiger partial charge in [0.25, 0.3) is 5.91 Å². The van der Waals surface area contributed by atoms with E-state index in [1.54, 1.807) is 42.0 Å². The third kappa shape index (κ3) is 3.56. The molecule has 0 saturated carbocycles. The van der Waals surface area contributed by atoms with E-state index in [4.69, 9.17) is 4.52 Å². The largest absolute Gasteiger partial charge is 0.339 e. The zero-order chi connectivity index (χ0) is 17.8. The van der Waals surface area contributed by atoms with Crippen molar-refractivity contribution in [3.8, 4) is 11.5 Å². The first-order valence-corrected chi connectivity index (χ1v) is 8.45. The molecule has 26 heavy (non-hydrogen) atoms. The maximum Gasteiger partial charge on any atom is 0.291 e. The van der Waals surface area contributed by atoms with Crippen molar-refractivity contribution in [2.75, 3.05) is 13.1 Å². The number of aromatic nitrogens is 6. The summed E-state index contributed by atoms with van der Waals surface area (Å²) < 4.78 is 5.35. The first-order chi connectivity index (χ1) is 12.8. The Hall–Kier alpha value is -3.23. The SMILES string of the molecule is O=C(c1ncccn1)N1CCCC(Cc2nc(-c3cnccn3)no2)C1. The Labute approximate surface area is 149 Å². The van der Waals surface area contributed by atoms with Crippen LogP contribution in [-0.4, -0.2) is 54.0 Å². The van der Waals surface area contributed by atoms with Crippen molar-refractivity contribution in [2.45, 2.75) is 19.3 Å². The molecule has 1 unspecified atom stereocenters. The summed E-state index contributed by atoms with van der Waals surface area (Å²) in [6, 6.07) is 1.69. The van der Waals surface area contributed by atoms with Gasteiger partial charge >= 0.3 is 0 Å². The van der Waals surface area contributed by atoms with E-state index in [9.17, 15) is 4.79 Å². The number of piperidine rings is 1. The summed E-state index contributed by atoms with van der Waals surface area (Å²) in [5.41, 5.74) is 0.573. The second kappa shape index (κ2) is 7.34. The van der Waals surface area contributed by atoms with E-state index in [0.29, 0.717) is 36.9 Å². The van der Waals surface area contributed by atoms with Gasteiger partial charge in [0.05, 0.1) is 6.20 Å². The number of carbonyl (C=O) groups is 1. The summed E-state index contributed by atoms with van der Waals surface area (Å²) in [6.45, 7) is 1.34. The highest BCUT2D eigenvalue weighted by molar-refractivity contribution is 5.90. The van der Waals surface area contributed by atoms with Crippen molar-refractivity contribution in [3.05, 3.63) is 48.8 Å². The van der Waals surface area contributed by atoms with Crippen LogP contribution >= 0.6 is 0 Å². The topological polar surface area (TPSA) is 111 Å². The summed E-state index contributed by atoms with van der Waals surface area (Å²) in [5.74, 6) is 1.32. The van der Waals surface area contributed by atoms with Gasteiger partial charge in [-0.05, 0) is 24.8 Å². The molecule has 1 saturated heterocycles. The van der Waals surface area contributed by atoms with Crippen molar-refractivity contribution in [1.82, 2.24) is 35.0 Å². The van der Waals surface area contributed by atoms with Crippen molar-refractivity contribution in [1.29, 1.82) is 0 Å². The Kier molecular flexibility index (Phi) is 4.59. The maximum absolute atomic E-state index is 12.5. The highest BCUT2D eigenvalue weighted by Gasteiger charge is 2.27. The zero-order valence-electron chi connectivity index (χ0n) is 14.0. The fourth-order valence-electron chi connectivity index (χ4n) is 3.07. The quantitative estimate of drug-likeness (QED) is 0.694. The van der Waals surface area contributed by atoms with Gasteiger partial charge in [0.2, 0.25) is 17.5 Å². The predicted molar refractivity (Wildman–Crippen MR) is 89.7 cm³/mol. The molecule has 0 aliphatic carbocycles. The predicted octanol–water partition coefficient (Wildman–Crippen LogP) is 1.41.